The molecule has 0 saturated heterocycles. The SMILES string of the molecule is NC1CCCCC1CC[C@H](O)CC(=O)O. The molecule has 4 nitrogen and oxygen atoms in total. The van der Waals surface area contributed by atoms with Gasteiger partial charge in [-0.15, -0.1) is 0 Å². The molecule has 0 amide bonds. The molecule has 4 N–H and O–H groups in total. The minimum atomic E-state index is -0.935. The molecule has 0 aromatic heterocycles. The number of carboxylic acids is 1. The number of aliphatic hydroxyl groups excluding tert-OH is 1. The fraction of sp³-hybridized carbons (Fsp3) is 0.909. The number of hydrogen-bond acceptors (Lipinski definition) is 3. The van der Waals surface area contributed by atoms with E-state index in [2.05, 4.69) is 0 Å². The Morgan fingerprint density at radius 2 is 2.07 bits per heavy atom. The van der Waals surface area contributed by atoms with Crippen molar-refractivity contribution in [3.05, 3.63) is 0 Å². The van der Waals surface area contributed by atoms with Crippen LogP contribution >= 0.6 is 0 Å². The van der Waals surface area contributed by atoms with Gasteiger partial charge in [-0.2, -0.15) is 0 Å². The summed E-state index contributed by atoms with van der Waals surface area (Å²) < 4.78 is 0. The van der Waals surface area contributed by atoms with Gasteiger partial charge in [0.2, 0.25) is 0 Å². The Labute approximate surface area is 90.5 Å². The number of carboxylic acid groups (broad SMARTS) is 1. The van der Waals surface area contributed by atoms with E-state index in [1.54, 1.807) is 0 Å². The van der Waals surface area contributed by atoms with Crippen molar-refractivity contribution in [3.63, 3.8) is 0 Å². The molecule has 1 aliphatic carbocycles. The number of aliphatic hydroxyl groups is 1. The summed E-state index contributed by atoms with van der Waals surface area (Å²) in [5, 5.41) is 17.9. The molecule has 0 aromatic carbocycles. The third-order valence-electron chi connectivity index (χ3n) is 3.25. The molecule has 1 rings (SSSR count). The second-order valence-corrected chi connectivity index (χ2v) is 4.54. The second kappa shape index (κ2) is 6.08. The molecule has 0 aliphatic heterocycles. The van der Waals surface area contributed by atoms with Gasteiger partial charge in [0.1, 0.15) is 0 Å². The first kappa shape index (κ1) is 12.5. The van der Waals surface area contributed by atoms with Crippen LogP contribution in [-0.2, 0) is 4.79 Å². The van der Waals surface area contributed by atoms with Crippen LogP contribution in [0.5, 0.6) is 0 Å². The minimum Gasteiger partial charge on any atom is -0.481 e. The highest BCUT2D eigenvalue weighted by Crippen LogP contribution is 2.27. The van der Waals surface area contributed by atoms with E-state index < -0.39 is 12.1 Å². The zero-order valence-electron chi connectivity index (χ0n) is 9.06. The summed E-state index contributed by atoms with van der Waals surface area (Å²) in [5.74, 6) is -0.461. The Bertz CT molecular complexity index is 208. The van der Waals surface area contributed by atoms with Crippen LogP contribution in [0.2, 0.25) is 0 Å². The maximum Gasteiger partial charge on any atom is 0.305 e. The molecule has 1 aliphatic rings. The molecule has 0 radical (unpaired) electrons. The highest BCUT2D eigenvalue weighted by atomic mass is 16.4. The van der Waals surface area contributed by atoms with Crippen molar-refractivity contribution < 1.29 is 15.0 Å². The fourth-order valence-electron chi connectivity index (χ4n) is 2.30. The molecule has 15 heavy (non-hydrogen) atoms. The Kier molecular flexibility index (Phi) is 5.05. The van der Waals surface area contributed by atoms with Gasteiger partial charge in [-0.05, 0) is 31.6 Å². The van der Waals surface area contributed by atoms with Crippen LogP contribution < -0.4 is 5.73 Å². The van der Waals surface area contributed by atoms with Crippen LogP contribution in [0.1, 0.15) is 44.9 Å². The lowest BCUT2D eigenvalue weighted by atomic mass is 9.81. The molecule has 0 spiro atoms. The maximum atomic E-state index is 10.3. The van der Waals surface area contributed by atoms with E-state index in [0.29, 0.717) is 12.3 Å². The zero-order valence-corrected chi connectivity index (χ0v) is 9.06. The molecule has 4 heteroatoms. The quantitative estimate of drug-likeness (QED) is 0.641. The third kappa shape index (κ3) is 4.62. The molecule has 0 aromatic rings. The van der Waals surface area contributed by atoms with Crippen LogP contribution in [0.3, 0.4) is 0 Å². The molecule has 1 fully saturated rings. The minimum absolute atomic E-state index is 0.151. The second-order valence-electron chi connectivity index (χ2n) is 4.54. The molecule has 0 bridgehead atoms. The Hall–Kier alpha value is -0.610. The van der Waals surface area contributed by atoms with Gasteiger partial charge in [-0.1, -0.05) is 12.8 Å². The van der Waals surface area contributed by atoms with Crippen molar-refractivity contribution in [2.24, 2.45) is 11.7 Å². The van der Waals surface area contributed by atoms with Crippen LogP contribution in [0.25, 0.3) is 0 Å². The van der Waals surface area contributed by atoms with Gasteiger partial charge < -0.3 is 15.9 Å². The highest BCUT2D eigenvalue weighted by molar-refractivity contribution is 5.67. The average molecular weight is 215 g/mol. The number of aliphatic carboxylic acids is 1. The molecule has 0 heterocycles. The van der Waals surface area contributed by atoms with Gasteiger partial charge in [-0.3, -0.25) is 4.79 Å². The van der Waals surface area contributed by atoms with Gasteiger partial charge in [0.05, 0.1) is 12.5 Å². The number of nitrogens with two attached hydrogens (primary N) is 1. The summed E-state index contributed by atoms with van der Waals surface area (Å²) in [5.41, 5.74) is 5.97. The molecular formula is C11H21NO3. The lowest BCUT2D eigenvalue weighted by Crippen LogP contribution is -2.33. The van der Waals surface area contributed by atoms with Gasteiger partial charge >= 0.3 is 5.97 Å². The van der Waals surface area contributed by atoms with Crippen molar-refractivity contribution in [2.45, 2.75) is 57.1 Å². The molecule has 88 valence electrons. The predicted molar refractivity (Wildman–Crippen MR) is 57.4 cm³/mol. The first-order chi connectivity index (χ1) is 7.09. The molecular weight excluding hydrogens is 194 g/mol. The third-order valence-corrected chi connectivity index (χ3v) is 3.25. The molecule has 2 unspecified atom stereocenters. The average Bonchev–Trinajstić information content (AvgIpc) is 2.15. The van der Waals surface area contributed by atoms with Crippen molar-refractivity contribution in [3.8, 4) is 0 Å². The van der Waals surface area contributed by atoms with Crippen LogP contribution in [0.15, 0.2) is 0 Å². The summed E-state index contributed by atoms with van der Waals surface area (Å²) in [6.07, 6.45) is 5.17. The van der Waals surface area contributed by atoms with E-state index in [0.717, 1.165) is 19.3 Å². The Balaban J connectivity index is 2.20. The summed E-state index contributed by atoms with van der Waals surface area (Å²) >= 11 is 0. The largest absolute Gasteiger partial charge is 0.481 e. The van der Waals surface area contributed by atoms with E-state index in [1.165, 1.54) is 12.8 Å². The van der Waals surface area contributed by atoms with E-state index in [4.69, 9.17) is 10.8 Å². The van der Waals surface area contributed by atoms with Crippen molar-refractivity contribution in [1.29, 1.82) is 0 Å². The van der Waals surface area contributed by atoms with E-state index in [-0.39, 0.29) is 12.5 Å². The molecule has 3 atom stereocenters. The van der Waals surface area contributed by atoms with Gasteiger partial charge in [0.25, 0.3) is 0 Å². The summed E-state index contributed by atoms with van der Waals surface area (Å²) in [4.78, 5) is 10.3. The zero-order chi connectivity index (χ0) is 11.3. The van der Waals surface area contributed by atoms with E-state index >= 15 is 0 Å². The number of carbonyl (C=O) groups is 1. The van der Waals surface area contributed by atoms with Crippen LogP contribution in [0, 0.1) is 5.92 Å². The Morgan fingerprint density at radius 3 is 2.67 bits per heavy atom. The summed E-state index contributed by atoms with van der Waals surface area (Å²) in [6, 6.07) is 0.246. The topological polar surface area (TPSA) is 83.5 Å². The van der Waals surface area contributed by atoms with Gasteiger partial charge in [0.15, 0.2) is 0 Å². The van der Waals surface area contributed by atoms with Crippen LogP contribution in [0.4, 0.5) is 0 Å². The smallest absolute Gasteiger partial charge is 0.305 e. The number of rotatable bonds is 5. The normalized spacial score (nSPS) is 28.7. The first-order valence-electron chi connectivity index (χ1n) is 5.75. The molecule has 1 saturated carbocycles. The predicted octanol–water partition coefficient (Wildman–Crippen LogP) is 1.12. The summed E-state index contributed by atoms with van der Waals surface area (Å²) in [6.45, 7) is 0. The lowest BCUT2D eigenvalue weighted by Gasteiger charge is -2.29. The van der Waals surface area contributed by atoms with Gasteiger partial charge in [0, 0.05) is 6.04 Å². The van der Waals surface area contributed by atoms with Crippen molar-refractivity contribution >= 4 is 5.97 Å². The number of hydrogen-bond donors (Lipinski definition) is 3. The Morgan fingerprint density at radius 1 is 1.40 bits per heavy atom. The first-order valence-corrected chi connectivity index (χ1v) is 5.75. The van der Waals surface area contributed by atoms with Crippen molar-refractivity contribution in [1.82, 2.24) is 0 Å². The lowest BCUT2D eigenvalue weighted by molar-refractivity contribution is -0.139. The summed E-state index contributed by atoms with van der Waals surface area (Å²) in [7, 11) is 0. The van der Waals surface area contributed by atoms with Crippen LogP contribution in [-0.4, -0.2) is 28.3 Å². The standard InChI is InChI=1S/C11H21NO3/c12-10-4-2-1-3-8(10)5-6-9(13)7-11(14)15/h8-10,13H,1-7,12H2,(H,14,15)/t8?,9-,10?/m0/s1. The maximum absolute atomic E-state index is 10.3. The van der Waals surface area contributed by atoms with E-state index in [1.807, 2.05) is 0 Å². The van der Waals surface area contributed by atoms with Crippen molar-refractivity contribution in [2.75, 3.05) is 0 Å². The highest BCUT2D eigenvalue weighted by Gasteiger charge is 2.22. The van der Waals surface area contributed by atoms with E-state index in [9.17, 15) is 9.90 Å². The monoisotopic (exact) mass is 215 g/mol. The fourth-order valence-corrected chi connectivity index (χ4v) is 2.30. The van der Waals surface area contributed by atoms with Gasteiger partial charge in [-0.25, -0.2) is 0 Å².